The van der Waals surface area contributed by atoms with Gasteiger partial charge in [-0.15, -0.1) is 0 Å². The van der Waals surface area contributed by atoms with Gasteiger partial charge in [-0.3, -0.25) is 0 Å². The summed E-state index contributed by atoms with van der Waals surface area (Å²) in [4.78, 5) is 0. The first kappa shape index (κ1) is 23.0. The van der Waals surface area contributed by atoms with E-state index in [2.05, 4.69) is 5.32 Å². The minimum atomic E-state index is -0.397. The molecule has 31 heavy (non-hydrogen) atoms. The first-order valence-electron chi connectivity index (χ1n) is 9.46. The summed E-state index contributed by atoms with van der Waals surface area (Å²) in [5, 5.41) is 3.72. The third kappa shape index (κ3) is 5.53. The molecule has 1 N–H and O–H groups in total. The highest BCUT2D eigenvalue weighted by Gasteiger charge is 2.13. The van der Waals surface area contributed by atoms with E-state index in [1.807, 2.05) is 36.4 Å². The van der Waals surface area contributed by atoms with Gasteiger partial charge in [0.05, 0.1) is 12.1 Å². The van der Waals surface area contributed by atoms with Gasteiger partial charge >= 0.3 is 0 Å². The van der Waals surface area contributed by atoms with E-state index in [0.717, 1.165) is 22.6 Å². The lowest BCUT2D eigenvalue weighted by Crippen LogP contribution is -3.00. The van der Waals surface area contributed by atoms with Crippen molar-refractivity contribution < 1.29 is 35.7 Å². The molecular weight excluding hydrogens is 444 g/mol. The maximum absolute atomic E-state index is 13.9. The van der Waals surface area contributed by atoms with Crippen LogP contribution in [0.15, 0.2) is 54.6 Å². The van der Waals surface area contributed by atoms with E-state index < -0.39 is 5.82 Å². The summed E-state index contributed by atoms with van der Waals surface area (Å²) in [5.41, 5.74) is 2.45. The Labute approximate surface area is 191 Å². The van der Waals surface area contributed by atoms with E-state index in [0.29, 0.717) is 35.2 Å². The topological polar surface area (TPSA) is 49.0 Å². The summed E-state index contributed by atoms with van der Waals surface area (Å²) < 4.78 is 35.9. The van der Waals surface area contributed by atoms with E-state index >= 15 is 0 Å². The number of hydrogen-bond donors (Lipinski definition) is 1. The van der Waals surface area contributed by atoms with Crippen LogP contribution in [0, 0.1) is 5.82 Å². The zero-order valence-corrected chi connectivity index (χ0v) is 18.3. The van der Waals surface area contributed by atoms with Crippen molar-refractivity contribution >= 4 is 11.6 Å². The lowest BCUT2D eigenvalue weighted by Gasteiger charge is -2.14. The molecule has 8 heteroatoms. The van der Waals surface area contributed by atoms with Gasteiger partial charge in [-0.25, -0.2) is 4.39 Å². The van der Waals surface area contributed by atoms with Crippen LogP contribution in [0.5, 0.6) is 23.0 Å². The highest BCUT2D eigenvalue weighted by atomic mass is 35.5. The predicted molar refractivity (Wildman–Crippen MR) is 112 cm³/mol. The van der Waals surface area contributed by atoms with Gasteiger partial charge in [-0.2, -0.15) is 0 Å². The van der Waals surface area contributed by atoms with Gasteiger partial charge in [-0.1, -0.05) is 29.8 Å². The van der Waals surface area contributed by atoms with E-state index in [-0.39, 0.29) is 25.8 Å². The normalized spacial score (nSPS) is 11.7. The number of ether oxygens (including phenoxy) is 4. The highest BCUT2D eigenvalue weighted by molar-refractivity contribution is 6.31. The molecule has 0 unspecified atom stereocenters. The zero-order chi connectivity index (χ0) is 20.9. The first-order valence-corrected chi connectivity index (χ1v) is 9.83. The number of rotatable bonds is 8. The standard InChI is InChI=1S/C23H21ClFNO4.ClH/c1-27-22-9-15(11-26-12-16-6-8-21-23(10-16)30-14-29-21)5-7-20(22)28-13-17-18(24)3-2-4-19(17)25;/h2-10,26H,11-14H2,1H3;1H/p-1. The molecule has 0 bridgehead atoms. The molecule has 3 aromatic carbocycles. The maximum atomic E-state index is 13.9. The Kier molecular flexibility index (Phi) is 7.85. The Morgan fingerprint density at radius 2 is 1.71 bits per heavy atom. The summed E-state index contributed by atoms with van der Waals surface area (Å²) in [6.45, 7) is 1.61. The van der Waals surface area contributed by atoms with Gasteiger partial charge in [0, 0.05) is 18.7 Å². The molecule has 0 aromatic heterocycles. The van der Waals surface area contributed by atoms with Crippen molar-refractivity contribution in [2.45, 2.75) is 19.7 Å². The van der Waals surface area contributed by atoms with Crippen LogP contribution in [0.1, 0.15) is 16.7 Å². The van der Waals surface area contributed by atoms with E-state index in [9.17, 15) is 4.39 Å². The monoisotopic (exact) mass is 464 g/mol. The number of fused-ring (bicyclic) bond motifs is 1. The van der Waals surface area contributed by atoms with Crippen LogP contribution in [0.4, 0.5) is 4.39 Å². The SMILES string of the molecule is COc1cc(CNCc2ccc3c(c2)OCO3)ccc1OCc1c(F)cccc1Cl.[Cl-]. The summed E-state index contributed by atoms with van der Waals surface area (Å²) in [7, 11) is 1.57. The maximum Gasteiger partial charge on any atom is 0.231 e. The fourth-order valence-electron chi connectivity index (χ4n) is 3.16. The second-order valence-corrected chi connectivity index (χ2v) is 7.17. The van der Waals surface area contributed by atoms with Crippen molar-refractivity contribution in [3.05, 3.63) is 82.1 Å². The Morgan fingerprint density at radius 1 is 0.968 bits per heavy atom. The Bertz CT molecular complexity index is 1030. The first-order chi connectivity index (χ1) is 14.6. The fourth-order valence-corrected chi connectivity index (χ4v) is 3.38. The largest absolute Gasteiger partial charge is 1.00 e. The molecular formula is C23H21Cl2FNO4-. The average molecular weight is 465 g/mol. The van der Waals surface area contributed by atoms with Crippen LogP contribution in [0.2, 0.25) is 5.02 Å². The molecule has 0 atom stereocenters. The van der Waals surface area contributed by atoms with Crippen LogP contribution in [-0.2, 0) is 19.7 Å². The summed E-state index contributed by atoms with van der Waals surface area (Å²) >= 11 is 6.06. The molecule has 0 radical (unpaired) electrons. The van der Waals surface area contributed by atoms with E-state index in [4.69, 9.17) is 30.5 Å². The zero-order valence-electron chi connectivity index (χ0n) is 16.8. The summed E-state index contributed by atoms with van der Waals surface area (Å²) in [6.07, 6.45) is 0. The lowest BCUT2D eigenvalue weighted by molar-refractivity contribution is -0.00000870. The van der Waals surface area contributed by atoms with Gasteiger partial charge in [0.2, 0.25) is 6.79 Å². The number of nitrogens with one attached hydrogen (secondary N) is 1. The summed E-state index contributed by atoms with van der Waals surface area (Å²) in [6, 6.07) is 16.1. The Morgan fingerprint density at radius 3 is 2.48 bits per heavy atom. The Hall–Kier alpha value is -2.67. The smallest absolute Gasteiger partial charge is 0.231 e. The Balaban J connectivity index is 0.00000272. The number of benzene rings is 3. The van der Waals surface area contributed by atoms with Crippen LogP contribution in [0.25, 0.3) is 0 Å². The van der Waals surface area contributed by atoms with Crippen molar-refractivity contribution in [3.8, 4) is 23.0 Å². The van der Waals surface area contributed by atoms with Crippen LogP contribution in [0.3, 0.4) is 0 Å². The molecule has 5 nitrogen and oxygen atoms in total. The second-order valence-electron chi connectivity index (χ2n) is 6.77. The summed E-state index contributed by atoms with van der Waals surface area (Å²) in [5.74, 6) is 2.25. The minimum absolute atomic E-state index is 0. The number of halogens is 3. The molecule has 1 aliphatic heterocycles. The van der Waals surface area contributed by atoms with Gasteiger partial charge in [0.15, 0.2) is 23.0 Å². The molecule has 0 saturated heterocycles. The predicted octanol–water partition coefficient (Wildman–Crippen LogP) is 2.09. The molecule has 4 rings (SSSR count). The lowest BCUT2D eigenvalue weighted by atomic mass is 10.1. The van der Waals surface area contributed by atoms with Crippen LogP contribution >= 0.6 is 11.6 Å². The number of hydrogen-bond acceptors (Lipinski definition) is 5. The van der Waals surface area contributed by atoms with Crippen LogP contribution < -0.4 is 36.7 Å². The fraction of sp³-hybridized carbons (Fsp3) is 0.217. The van der Waals surface area contributed by atoms with Crippen LogP contribution in [-0.4, -0.2) is 13.9 Å². The van der Waals surface area contributed by atoms with Gasteiger partial charge in [-0.05, 0) is 47.5 Å². The third-order valence-corrected chi connectivity index (χ3v) is 5.11. The van der Waals surface area contributed by atoms with Crippen molar-refractivity contribution in [3.63, 3.8) is 0 Å². The second kappa shape index (κ2) is 10.6. The average Bonchev–Trinajstić information content (AvgIpc) is 3.22. The van der Waals surface area contributed by atoms with Gasteiger partial charge in [0.1, 0.15) is 12.4 Å². The van der Waals surface area contributed by atoms with Gasteiger partial charge in [0.25, 0.3) is 0 Å². The molecule has 0 saturated carbocycles. The molecule has 0 fully saturated rings. The molecule has 1 aliphatic rings. The molecule has 0 amide bonds. The quantitative estimate of drug-likeness (QED) is 0.553. The van der Waals surface area contributed by atoms with Crippen molar-refractivity contribution in [1.29, 1.82) is 0 Å². The minimum Gasteiger partial charge on any atom is -1.00 e. The van der Waals surface area contributed by atoms with Gasteiger partial charge < -0.3 is 36.7 Å². The molecule has 0 spiro atoms. The number of methoxy groups -OCH3 is 1. The van der Waals surface area contributed by atoms with Crippen molar-refractivity contribution in [2.24, 2.45) is 0 Å². The third-order valence-electron chi connectivity index (χ3n) is 4.76. The van der Waals surface area contributed by atoms with E-state index in [1.165, 1.54) is 6.07 Å². The molecule has 164 valence electrons. The molecule has 3 aromatic rings. The molecule has 0 aliphatic carbocycles. The van der Waals surface area contributed by atoms with E-state index in [1.54, 1.807) is 19.2 Å². The molecule has 1 heterocycles. The van der Waals surface area contributed by atoms with Crippen molar-refractivity contribution in [1.82, 2.24) is 5.32 Å². The highest BCUT2D eigenvalue weighted by Crippen LogP contribution is 2.33. The van der Waals surface area contributed by atoms with Crippen molar-refractivity contribution in [2.75, 3.05) is 13.9 Å².